The Morgan fingerprint density at radius 3 is 2.20 bits per heavy atom. The predicted octanol–water partition coefficient (Wildman–Crippen LogP) is 6.01. The summed E-state index contributed by atoms with van der Waals surface area (Å²) in [7, 11) is 0. The van der Waals surface area contributed by atoms with Gasteiger partial charge in [0.05, 0.1) is 15.5 Å². The molecule has 0 saturated heterocycles. The first-order valence-electron chi connectivity index (χ1n) is 7.98. The quantitative estimate of drug-likeness (QED) is 0.322. The van der Waals surface area contributed by atoms with Gasteiger partial charge in [0.2, 0.25) is 0 Å². The van der Waals surface area contributed by atoms with E-state index in [4.69, 9.17) is 0 Å². The van der Waals surface area contributed by atoms with Gasteiger partial charge in [0.25, 0.3) is 0 Å². The number of nitrogens with zero attached hydrogens (tertiary/aromatic N) is 1. The Bertz CT molecular complexity index is 963. The molecule has 4 aromatic rings. The van der Waals surface area contributed by atoms with Gasteiger partial charge >= 0.3 is 0 Å². The van der Waals surface area contributed by atoms with Crippen LogP contribution in [0, 0.1) is 0 Å². The van der Waals surface area contributed by atoms with Crippen LogP contribution in [-0.4, -0.2) is 10.8 Å². The fourth-order valence-electron chi connectivity index (χ4n) is 2.66. The Balaban J connectivity index is 1.71. The van der Waals surface area contributed by atoms with Crippen LogP contribution in [0.5, 0.6) is 0 Å². The molecular weight excluding hydrogens is 346 g/mol. The normalized spacial score (nSPS) is 12.2. The number of hydrogen-bond donors (Lipinski definition) is 0. The monoisotopic (exact) mass is 361 g/mol. The van der Waals surface area contributed by atoms with Crippen LogP contribution in [0.4, 0.5) is 0 Å². The first-order chi connectivity index (χ1) is 12.3. The Morgan fingerprint density at radius 1 is 0.840 bits per heavy atom. The summed E-state index contributed by atoms with van der Waals surface area (Å²) in [6.45, 7) is 0. The fraction of sp³-hybridized carbons (Fsp3) is 0.0476. The van der Waals surface area contributed by atoms with Crippen LogP contribution >= 0.6 is 23.1 Å². The zero-order valence-corrected chi connectivity index (χ0v) is 15.0. The minimum atomic E-state index is -0.302. The molecule has 0 saturated carbocycles. The van der Waals surface area contributed by atoms with Crippen LogP contribution in [0.2, 0.25) is 0 Å². The zero-order valence-electron chi connectivity index (χ0n) is 13.3. The fourth-order valence-corrected chi connectivity index (χ4v) is 4.99. The maximum atomic E-state index is 13.1. The van der Waals surface area contributed by atoms with Crippen molar-refractivity contribution in [2.24, 2.45) is 0 Å². The minimum absolute atomic E-state index is 0.107. The van der Waals surface area contributed by atoms with Crippen molar-refractivity contribution in [1.82, 2.24) is 4.98 Å². The van der Waals surface area contributed by atoms with E-state index in [1.54, 1.807) is 11.3 Å². The summed E-state index contributed by atoms with van der Waals surface area (Å²) in [5.74, 6) is 0.107. The molecule has 25 heavy (non-hydrogen) atoms. The van der Waals surface area contributed by atoms with E-state index in [0.717, 1.165) is 25.7 Å². The molecule has 0 bridgehead atoms. The molecular formula is C21H15NOS2. The summed E-state index contributed by atoms with van der Waals surface area (Å²) in [6, 6.07) is 27.5. The average molecular weight is 361 g/mol. The van der Waals surface area contributed by atoms with Crippen LogP contribution in [0.15, 0.2) is 89.3 Å². The van der Waals surface area contributed by atoms with Crippen LogP contribution in [0.1, 0.15) is 21.2 Å². The van der Waals surface area contributed by atoms with Crippen molar-refractivity contribution >= 4 is 39.1 Å². The average Bonchev–Trinajstić information content (AvgIpc) is 3.09. The second kappa shape index (κ2) is 7.21. The van der Waals surface area contributed by atoms with Gasteiger partial charge in [0.15, 0.2) is 10.1 Å². The molecule has 4 heteroatoms. The highest BCUT2D eigenvalue weighted by Crippen LogP contribution is 2.40. The molecule has 3 aromatic carbocycles. The lowest BCUT2D eigenvalue weighted by molar-refractivity contribution is 0.0989. The largest absolute Gasteiger partial charge is 0.293 e. The number of hydrogen-bond acceptors (Lipinski definition) is 4. The van der Waals surface area contributed by atoms with Crippen molar-refractivity contribution < 1.29 is 4.79 Å². The molecule has 1 heterocycles. The molecule has 0 radical (unpaired) electrons. The highest BCUT2D eigenvalue weighted by molar-refractivity contribution is 8.02. The summed E-state index contributed by atoms with van der Waals surface area (Å²) in [4.78, 5) is 17.8. The number of thiazole rings is 1. The summed E-state index contributed by atoms with van der Waals surface area (Å²) >= 11 is 3.16. The van der Waals surface area contributed by atoms with E-state index in [9.17, 15) is 4.79 Å². The molecule has 1 aromatic heterocycles. The highest BCUT2D eigenvalue weighted by atomic mass is 32.2. The van der Waals surface area contributed by atoms with Gasteiger partial charge in [0.1, 0.15) is 0 Å². The first kappa shape index (κ1) is 16.1. The highest BCUT2D eigenvalue weighted by Gasteiger charge is 2.24. The van der Waals surface area contributed by atoms with E-state index < -0.39 is 0 Å². The van der Waals surface area contributed by atoms with E-state index >= 15 is 0 Å². The number of benzene rings is 3. The lowest BCUT2D eigenvalue weighted by atomic mass is 10.0. The number of thioether (sulfide) groups is 1. The van der Waals surface area contributed by atoms with Gasteiger partial charge in [-0.3, -0.25) is 4.79 Å². The number of carbonyl (C=O) groups is 1. The van der Waals surface area contributed by atoms with Crippen LogP contribution in [-0.2, 0) is 0 Å². The van der Waals surface area contributed by atoms with Crippen molar-refractivity contribution in [1.29, 1.82) is 0 Å². The van der Waals surface area contributed by atoms with Gasteiger partial charge < -0.3 is 0 Å². The molecule has 0 fully saturated rings. The van der Waals surface area contributed by atoms with E-state index in [2.05, 4.69) is 11.1 Å². The SMILES string of the molecule is O=C(c1ccccc1)[C@@H](Sc1nc2ccccc2s1)c1ccccc1. The molecule has 1 atom stereocenters. The van der Waals surface area contributed by atoms with E-state index in [1.165, 1.54) is 11.8 Å². The van der Waals surface area contributed by atoms with Gasteiger partial charge in [-0.15, -0.1) is 11.3 Å². The van der Waals surface area contributed by atoms with Crippen molar-refractivity contribution in [3.63, 3.8) is 0 Å². The van der Waals surface area contributed by atoms with Gasteiger partial charge in [-0.05, 0) is 17.7 Å². The second-order valence-electron chi connectivity index (χ2n) is 5.59. The molecule has 2 nitrogen and oxygen atoms in total. The van der Waals surface area contributed by atoms with Crippen molar-refractivity contribution in [2.45, 2.75) is 9.59 Å². The Hall–Kier alpha value is -2.43. The lowest BCUT2D eigenvalue weighted by Crippen LogP contribution is -2.09. The topological polar surface area (TPSA) is 30.0 Å². The summed E-state index contributed by atoms with van der Waals surface area (Å²) in [5.41, 5.74) is 2.71. The van der Waals surface area contributed by atoms with Gasteiger partial charge in [-0.25, -0.2) is 4.98 Å². The standard InChI is InChI=1S/C21H15NOS2/c23-19(15-9-3-1-4-10-15)20(16-11-5-2-6-12-16)25-21-22-17-13-7-8-14-18(17)24-21/h1-14,20H/t20-/m0/s1. The van der Waals surface area contributed by atoms with Crippen molar-refractivity contribution in [3.8, 4) is 0 Å². The number of carbonyl (C=O) groups excluding carboxylic acids is 1. The molecule has 0 unspecified atom stereocenters. The second-order valence-corrected chi connectivity index (χ2v) is 7.97. The number of para-hydroxylation sites is 1. The number of aromatic nitrogens is 1. The minimum Gasteiger partial charge on any atom is -0.293 e. The van der Waals surface area contributed by atoms with Crippen LogP contribution in [0.3, 0.4) is 0 Å². The smallest absolute Gasteiger partial charge is 0.180 e. The number of ketones is 1. The predicted molar refractivity (Wildman–Crippen MR) is 105 cm³/mol. The van der Waals surface area contributed by atoms with E-state index in [1.807, 2.05) is 78.9 Å². The molecule has 0 aliphatic heterocycles. The van der Waals surface area contributed by atoms with Gasteiger partial charge in [0, 0.05) is 5.56 Å². The molecule has 0 spiro atoms. The third-order valence-corrected chi connectivity index (χ3v) is 6.28. The van der Waals surface area contributed by atoms with Gasteiger partial charge in [-0.1, -0.05) is 84.6 Å². The summed E-state index contributed by atoms with van der Waals surface area (Å²) in [5, 5.41) is -0.302. The van der Waals surface area contributed by atoms with E-state index in [0.29, 0.717) is 0 Å². The Labute approximate surface area is 154 Å². The third kappa shape index (κ3) is 3.50. The summed E-state index contributed by atoms with van der Waals surface area (Å²) < 4.78 is 2.06. The third-order valence-electron chi connectivity index (χ3n) is 3.89. The zero-order chi connectivity index (χ0) is 17.1. The Morgan fingerprint density at radius 2 is 1.48 bits per heavy atom. The molecule has 0 aliphatic carbocycles. The molecule has 122 valence electrons. The maximum absolute atomic E-state index is 13.1. The number of Topliss-reactive ketones (excluding diaryl/α,β-unsaturated/α-hetero) is 1. The molecule has 0 aliphatic rings. The number of fused-ring (bicyclic) bond motifs is 1. The van der Waals surface area contributed by atoms with Crippen LogP contribution < -0.4 is 0 Å². The maximum Gasteiger partial charge on any atom is 0.180 e. The van der Waals surface area contributed by atoms with Crippen molar-refractivity contribution in [3.05, 3.63) is 96.1 Å². The molecule has 0 amide bonds. The molecule has 4 rings (SSSR count). The van der Waals surface area contributed by atoms with E-state index in [-0.39, 0.29) is 11.0 Å². The molecule has 0 N–H and O–H groups in total. The van der Waals surface area contributed by atoms with Crippen molar-refractivity contribution in [2.75, 3.05) is 0 Å². The van der Waals surface area contributed by atoms with Crippen LogP contribution in [0.25, 0.3) is 10.2 Å². The summed E-state index contributed by atoms with van der Waals surface area (Å²) in [6.07, 6.45) is 0. The number of rotatable bonds is 5. The Kier molecular flexibility index (Phi) is 4.63. The first-order valence-corrected chi connectivity index (χ1v) is 9.67. The van der Waals surface area contributed by atoms with Gasteiger partial charge in [-0.2, -0.15) is 0 Å². The lowest BCUT2D eigenvalue weighted by Gasteiger charge is -2.14.